The lowest BCUT2D eigenvalue weighted by atomic mass is 9.97. The number of carboxylic acids is 1. The molecule has 1 fully saturated rings. The second-order valence-corrected chi connectivity index (χ2v) is 5.74. The molecule has 0 saturated carbocycles. The van der Waals surface area contributed by atoms with Gasteiger partial charge in [-0.15, -0.1) is 0 Å². The summed E-state index contributed by atoms with van der Waals surface area (Å²) in [4.78, 5) is 31.4. The highest BCUT2D eigenvalue weighted by Gasteiger charge is 2.28. The van der Waals surface area contributed by atoms with Gasteiger partial charge in [0, 0.05) is 38.6 Å². The van der Waals surface area contributed by atoms with Crippen molar-refractivity contribution in [2.45, 2.75) is 25.9 Å². The number of fused-ring (bicyclic) bond motifs is 1. The van der Waals surface area contributed by atoms with Gasteiger partial charge in [0.15, 0.2) is 0 Å². The van der Waals surface area contributed by atoms with Crippen molar-refractivity contribution in [1.82, 2.24) is 19.4 Å². The number of aromatic nitrogens is 2. The molecule has 0 bridgehead atoms. The average molecular weight is 292 g/mol. The van der Waals surface area contributed by atoms with Crippen molar-refractivity contribution >= 4 is 11.9 Å². The number of amides is 1. The van der Waals surface area contributed by atoms with Crippen molar-refractivity contribution in [2.75, 3.05) is 26.2 Å². The van der Waals surface area contributed by atoms with Crippen LogP contribution >= 0.6 is 0 Å². The molecule has 1 aromatic heterocycles. The van der Waals surface area contributed by atoms with Crippen LogP contribution in [0.25, 0.3) is 0 Å². The van der Waals surface area contributed by atoms with E-state index in [-0.39, 0.29) is 11.8 Å². The maximum absolute atomic E-state index is 12.3. The summed E-state index contributed by atoms with van der Waals surface area (Å²) in [6.07, 6.45) is 4.87. The van der Waals surface area contributed by atoms with Crippen molar-refractivity contribution in [2.24, 2.45) is 5.92 Å². The molecular weight excluding hydrogens is 272 g/mol. The number of nitrogens with zero attached hydrogens (tertiary/aromatic N) is 4. The first kappa shape index (κ1) is 14.1. The Balaban J connectivity index is 1.50. The monoisotopic (exact) mass is 292 g/mol. The molecule has 0 aromatic carbocycles. The van der Waals surface area contributed by atoms with Gasteiger partial charge in [-0.05, 0) is 12.8 Å². The van der Waals surface area contributed by atoms with Crippen LogP contribution in [0.15, 0.2) is 12.4 Å². The molecule has 3 rings (SSSR count). The number of hydrogen-bond acceptors (Lipinski definition) is 4. The molecule has 0 unspecified atom stereocenters. The Hall–Kier alpha value is -1.89. The third-order valence-corrected chi connectivity index (χ3v) is 4.38. The number of rotatable bonds is 3. The molecule has 7 heteroatoms. The molecule has 1 aromatic rings. The van der Waals surface area contributed by atoms with Crippen LogP contribution in [0.3, 0.4) is 0 Å². The van der Waals surface area contributed by atoms with Crippen LogP contribution in [0.5, 0.6) is 0 Å². The third-order valence-electron chi connectivity index (χ3n) is 4.38. The predicted molar refractivity (Wildman–Crippen MR) is 74.4 cm³/mol. The van der Waals surface area contributed by atoms with E-state index >= 15 is 0 Å². The van der Waals surface area contributed by atoms with Crippen LogP contribution < -0.4 is 0 Å². The van der Waals surface area contributed by atoms with Crippen LogP contribution in [-0.2, 0) is 22.7 Å². The highest BCUT2D eigenvalue weighted by molar-refractivity contribution is 5.79. The molecule has 2 aliphatic heterocycles. The topological polar surface area (TPSA) is 78.7 Å². The first-order valence-electron chi connectivity index (χ1n) is 7.36. The third kappa shape index (κ3) is 3.07. The van der Waals surface area contributed by atoms with Crippen LogP contribution in [0.1, 0.15) is 18.7 Å². The molecule has 3 heterocycles. The van der Waals surface area contributed by atoms with Crippen molar-refractivity contribution < 1.29 is 14.7 Å². The van der Waals surface area contributed by atoms with Crippen LogP contribution in [0.2, 0.25) is 0 Å². The van der Waals surface area contributed by atoms with Gasteiger partial charge >= 0.3 is 5.97 Å². The molecule has 0 radical (unpaired) electrons. The quantitative estimate of drug-likeness (QED) is 0.850. The van der Waals surface area contributed by atoms with Crippen molar-refractivity contribution in [3.8, 4) is 0 Å². The van der Waals surface area contributed by atoms with Crippen LogP contribution in [0, 0.1) is 5.92 Å². The molecule has 0 atom stereocenters. The van der Waals surface area contributed by atoms with Crippen LogP contribution in [0.4, 0.5) is 0 Å². The average Bonchev–Trinajstić information content (AvgIpc) is 2.95. The van der Waals surface area contributed by atoms with Gasteiger partial charge in [0.1, 0.15) is 5.82 Å². The predicted octanol–water partition coefficient (Wildman–Crippen LogP) is 0.0219. The number of likely N-dealkylation sites (tertiary alicyclic amines) is 1. The van der Waals surface area contributed by atoms with Crippen molar-refractivity contribution in [3.05, 3.63) is 18.2 Å². The highest BCUT2D eigenvalue weighted by Crippen LogP contribution is 2.18. The maximum Gasteiger partial charge on any atom is 0.306 e. The number of carbonyl (C=O) groups is 2. The summed E-state index contributed by atoms with van der Waals surface area (Å²) in [7, 11) is 0. The second-order valence-electron chi connectivity index (χ2n) is 5.74. The van der Waals surface area contributed by atoms with Gasteiger partial charge in [-0.25, -0.2) is 4.98 Å². The zero-order valence-electron chi connectivity index (χ0n) is 11.9. The van der Waals surface area contributed by atoms with Gasteiger partial charge in [0.25, 0.3) is 0 Å². The Morgan fingerprint density at radius 1 is 1.24 bits per heavy atom. The molecule has 0 aliphatic carbocycles. The van der Waals surface area contributed by atoms with E-state index in [2.05, 4.69) is 14.5 Å². The van der Waals surface area contributed by atoms with E-state index in [1.807, 2.05) is 6.20 Å². The Bertz CT molecular complexity index is 534. The lowest BCUT2D eigenvalue weighted by molar-refractivity contribution is -0.146. The Labute approximate surface area is 123 Å². The van der Waals surface area contributed by atoms with E-state index in [9.17, 15) is 9.59 Å². The van der Waals surface area contributed by atoms with Crippen LogP contribution in [-0.4, -0.2) is 62.5 Å². The van der Waals surface area contributed by atoms with Gasteiger partial charge in [-0.2, -0.15) is 0 Å². The lowest BCUT2D eigenvalue weighted by Crippen LogP contribution is -2.46. The van der Waals surface area contributed by atoms with E-state index in [0.717, 1.165) is 18.9 Å². The van der Waals surface area contributed by atoms with E-state index in [0.29, 0.717) is 39.0 Å². The number of carbonyl (C=O) groups excluding carboxylic acids is 1. The molecular formula is C14H20N4O3. The standard InChI is InChI=1S/C14H20N4O3/c19-13(18-4-1-11(2-5-18)14(20)21)10-16-7-8-17-6-3-15-12(17)9-16/h3,6,11H,1-2,4-5,7-10H2,(H,20,21). The number of carboxylic acid groups (broad SMARTS) is 1. The molecule has 2 aliphatic rings. The number of piperidine rings is 1. The van der Waals surface area contributed by atoms with Gasteiger partial charge in [0.2, 0.25) is 5.91 Å². The van der Waals surface area contributed by atoms with Gasteiger partial charge < -0.3 is 14.6 Å². The van der Waals surface area contributed by atoms with Crippen molar-refractivity contribution in [1.29, 1.82) is 0 Å². The Morgan fingerprint density at radius 2 is 2.00 bits per heavy atom. The smallest absolute Gasteiger partial charge is 0.306 e. The molecule has 114 valence electrons. The van der Waals surface area contributed by atoms with E-state index in [1.165, 1.54) is 0 Å². The number of hydrogen-bond donors (Lipinski definition) is 1. The van der Waals surface area contributed by atoms with Gasteiger partial charge in [-0.3, -0.25) is 14.5 Å². The number of imidazole rings is 1. The number of aliphatic carboxylic acids is 1. The van der Waals surface area contributed by atoms with E-state index in [4.69, 9.17) is 5.11 Å². The summed E-state index contributed by atoms with van der Waals surface area (Å²) in [5, 5.41) is 8.98. The zero-order chi connectivity index (χ0) is 14.8. The first-order valence-corrected chi connectivity index (χ1v) is 7.36. The second kappa shape index (κ2) is 5.85. The molecule has 7 nitrogen and oxygen atoms in total. The fourth-order valence-corrected chi connectivity index (χ4v) is 3.03. The molecule has 1 N–H and O–H groups in total. The zero-order valence-corrected chi connectivity index (χ0v) is 11.9. The molecule has 21 heavy (non-hydrogen) atoms. The normalized spacial score (nSPS) is 20.3. The SMILES string of the molecule is O=C(O)C1CCN(C(=O)CN2CCn3ccnc3C2)CC1. The summed E-state index contributed by atoms with van der Waals surface area (Å²) < 4.78 is 2.11. The summed E-state index contributed by atoms with van der Waals surface area (Å²) in [6.45, 7) is 3.91. The Kier molecular flexibility index (Phi) is 3.92. The summed E-state index contributed by atoms with van der Waals surface area (Å²) in [5.41, 5.74) is 0. The largest absolute Gasteiger partial charge is 0.481 e. The molecule has 1 saturated heterocycles. The van der Waals surface area contributed by atoms with E-state index in [1.54, 1.807) is 11.1 Å². The summed E-state index contributed by atoms with van der Waals surface area (Å²) >= 11 is 0. The fourth-order valence-electron chi connectivity index (χ4n) is 3.03. The van der Waals surface area contributed by atoms with Crippen molar-refractivity contribution in [3.63, 3.8) is 0 Å². The fraction of sp³-hybridized carbons (Fsp3) is 0.643. The highest BCUT2D eigenvalue weighted by atomic mass is 16.4. The molecule has 0 spiro atoms. The van der Waals surface area contributed by atoms with Gasteiger partial charge in [-0.1, -0.05) is 0 Å². The lowest BCUT2D eigenvalue weighted by Gasteiger charge is -2.33. The Morgan fingerprint density at radius 3 is 2.71 bits per heavy atom. The summed E-state index contributed by atoms with van der Waals surface area (Å²) in [6, 6.07) is 0. The summed E-state index contributed by atoms with van der Waals surface area (Å²) in [5.74, 6) is 0.0546. The minimum atomic E-state index is -0.745. The minimum Gasteiger partial charge on any atom is -0.481 e. The first-order chi connectivity index (χ1) is 10.1. The van der Waals surface area contributed by atoms with Gasteiger partial charge in [0.05, 0.1) is 19.0 Å². The minimum absolute atomic E-state index is 0.0962. The maximum atomic E-state index is 12.3. The molecule has 1 amide bonds. The van der Waals surface area contributed by atoms with E-state index < -0.39 is 5.97 Å².